The molecule has 0 aliphatic carbocycles. The minimum Gasteiger partial charge on any atom is -0.491 e. The lowest BCUT2D eigenvalue weighted by molar-refractivity contribution is 0.102. The lowest BCUT2D eigenvalue weighted by atomic mass is 10.1. The Morgan fingerprint density at radius 2 is 2.14 bits per heavy atom. The average Bonchev–Trinajstić information content (AvgIpc) is 2.47. The molecule has 0 unspecified atom stereocenters. The molecule has 6 heteroatoms. The molecular formula is C16H18FN3O2. The first kappa shape index (κ1) is 15.8. The highest BCUT2D eigenvalue weighted by Gasteiger charge is 2.16. The smallest absolute Gasteiger partial charge is 0.259 e. The molecule has 2 aromatic rings. The van der Waals surface area contributed by atoms with E-state index >= 15 is 0 Å². The summed E-state index contributed by atoms with van der Waals surface area (Å²) >= 11 is 0. The summed E-state index contributed by atoms with van der Waals surface area (Å²) in [7, 11) is 0. The van der Waals surface area contributed by atoms with Crippen molar-refractivity contribution in [2.75, 3.05) is 17.7 Å². The summed E-state index contributed by atoms with van der Waals surface area (Å²) < 4.78 is 19.4. The number of carbonyl (C=O) groups is 1. The first-order valence-corrected chi connectivity index (χ1v) is 6.90. The summed E-state index contributed by atoms with van der Waals surface area (Å²) in [6.07, 6.45) is 0. The molecule has 2 rings (SSSR count). The van der Waals surface area contributed by atoms with Gasteiger partial charge in [0.15, 0.2) is 11.6 Å². The quantitative estimate of drug-likeness (QED) is 0.910. The molecule has 1 amide bonds. The third-order valence-electron chi connectivity index (χ3n) is 3.25. The van der Waals surface area contributed by atoms with E-state index in [-0.39, 0.29) is 22.8 Å². The van der Waals surface area contributed by atoms with Crippen LogP contribution in [0.2, 0.25) is 0 Å². The average molecular weight is 303 g/mol. The predicted molar refractivity (Wildman–Crippen MR) is 83.6 cm³/mol. The Morgan fingerprint density at radius 1 is 1.41 bits per heavy atom. The highest BCUT2D eigenvalue weighted by molar-refractivity contribution is 6.07. The molecule has 3 N–H and O–H groups in total. The zero-order valence-corrected chi connectivity index (χ0v) is 12.7. The fraction of sp³-hybridized carbons (Fsp3) is 0.250. The zero-order chi connectivity index (χ0) is 16.3. The number of nitrogens with one attached hydrogen (secondary N) is 1. The standard InChI is InChI=1S/C16H18FN3O2/c1-4-22-13-7-5-6-12(14(13)17)20-16(21)11-8-9(2)10(3)19-15(11)18/h5-8H,4H2,1-3H3,(H2,18,19)(H,20,21). The number of benzene rings is 1. The van der Waals surface area contributed by atoms with Crippen LogP contribution in [-0.2, 0) is 0 Å². The first-order valence-electron chi connectivity index (χ1n) is 6.90. The number of nitrogens with two attached hydrogens (primary N) is 1. The molecule has 0 saturated heterocycles. The van der Waals surface area contributed by atoms with Gasteiger partial charge in [0, 0.05) is 5.69 Å². The molecular weight excluding hydrogens is 285 g/mol. The van der Waals surface area contributed by atoms with Crippen molar-refractivity contribution in [3.63, 3.8) is 0 Å². The molecule has 1 aromatic heterocycles. The summed E-state index contributed by atoms with van der Waals surface area (Å²) in [5.41, 5.74) is 7.60. The van der Waals surface area contributed by atoms with Crippen LogP contribution in [0.3, 0.4) is 0 Å². The number of carbonyl (C=O) groups excluding carboxylic acids is 1. The number of pyridine rings is 1. The third-order valence-corrected chi connectivity index (χ3v) is 3.25. The van der Waals surface area contributed by atoms with E-state index in [0.29, 0.717) is 6.61 Å². The van der Waals surface area contributed by atoms with E-state index in [1.54, 1.807) is 26.0 Å². The van der Waals surface area contributed by atoms with Gasteiger partial charge < -0.3 is 15.8 Å². The maximum Gasteiger partial charge on any atom is 0.259 e. The van der Waals surface area contributed by atoms with Crippen molar-refractivity contribution in [3.8, 4) is 5.75 Å². The monoisotopic (exact) mass is 303 g/mol. The first-order chi connectivity index (χ1) is 10.4. The maximum absolute atomic E-state index is 14.2. The second kappa shape index (κ2) is 6.43. The Labute approximate surface area is 128 Å². The van der Waals surface area contributed by atoms with Gasteiger partial charge in [0.25, 0.3) is 5.91 Å². The highest BCUT2D eigenvalue weighted by Crippen LogP contribution is 2.25. The van der Waals surface area contributed by atoms with Gasteiger partial charge in [0.1, 0.15) is 5.82 Å². The van der Waals surface area contributed by atoms with E-state index in [1.165, 1.54) is 12.1 Å². The van der Waals surface area contributed by atoms with Gasteiger partial charge >= 0.3 is 0 Å². The SMILES string of the molecule is CCOc1cccc(NC(=O)c2cc(C)c(C)nc2N)c1F. The van der Waals surface area contributed by atoms with Gasteiger partial charge in [-0.25, -0.2) is 9.37 Å². The van der Waals surface area contributed by atoms with Crippen molar-refractivity contribution in [1.29, 1.82) is 0 Å². The van der Waals surface area contributed by atoms with Crippen molar-refractivity contribution < 1.29 is 13.9 Å². The van der Waals surface area contributed by atoms with Crippen LogP contribution in [0.15, 0.2) is 24.3 Å². The van der Waals surface area contributed by atoms with Crippen LogP contribution < -0.4 is 15.8 Å². The van der Waals surface area contributed by atoms with Crippen molar-refractivity contribution in [1.82, 2.24) is 4.98 Å². The third kappa shape index (κ3) is 3.16. The van der Waals surface area contributed by atoms with Crippen LogP contribution in [0.1, 0.15) is 28.5 Å². The van der Waals surface area contributed by atoms with Crippen molar-refractivity contribution in [2.45, 2.75) is 20.8 Å². The van der Waals surface area contributed by atoms with Crippen LogP contribution in [-0.4, -0.2) is 17.5 Å². The summed E-state index contributed by atoms with van der Waals surface area (Å²) in [5.74, 6) is -0.929. The van der Waals surface area contributed by atoms with Gasteiger partial charge in [-0.05, 0) is 44.5 Å². The molecule has 0 aliphatic rings. The van der Waals surface area contributed by atoms with Crippen LogP contribution in [0.25, 0.3) is 0 Å². The summed E-state index contributed by atoms with van der Waals surface area (Å²) in [4.78, 5) is 16.4. The largest absolute Gasteiger partial charge is 0.491 e. The minimum atomic E-state index is -0.618. The number of aromatic nitrogens is 1. The van der Waals surface area contributed by atoms with Gasteiger partial charge in [-0.2, -0.15) is 0 Å². The number of amides is 1. The van der Waals surface area contributed by atoms with E-state index in [1.807, 2.05) is 6.92 Å². The van der Waals surface area contributed by atoms with Gasteiger partial charge in [-0.15, -0.1) is 0 Å². The Bertz CT molecular complexity index is 717. The number of anilines is 2. The molecule has 0 fully saturated rings. The van der Waals surface area contributed by atoms with E-state index in [9.17, 15) is 9.18 Å². The molecule has 1 aromatic carbocycles. The lowest BCUT2D eigenvalue weighted by Crippen LogP contribution is -2.16. The Balaban J connectivity index is 2.30. The van der Waals surface area contributed by atoms with Crippen LogP contribution in [0.4, 0.5) is 15.9 Å². The molecule has 0 spiro atoms. The van der Waals surface area contributed by atoms with Gasteiger partial charge in [0.2, 0.25) is 0 Å². The fourth-order valence-electron chi connectivity index (χ4n) is 1.97. The summed E-state index contributed by atoms with van der Waals surface area (Å²) in [6.45, 7) is 5.72. The molecule has 5 nitrogen and oxygen atoms in total. The summed E-state index contributed by atoms with van der Waals surface area (Å²) in [5, 5.41) is 2.50. The van der Waals surface area contributed by atoms with Crippen LogP contribution in [0, 0.1) is 19.7 Å². The molecule has 22 heavy (non-hydrogen) atoms. The van der Waals surface area contributed by atoms with Crippen molar-refractivity contribution >= 4 is 17.4 Å². The van der Waals surface area contributed by atoms with E-state index in [2.05, 4.69) is 10.3 Å². The normalized spacial score (nSPS) is 10.4. The molecule has 1 heterocycles. The van der Waals surface area contributed by atoms with Gasteiger partial charge in [-0.3, -0.25) is 4.79 Å². The number of nitrogen functional groups attached to an aromatic ring is 1. The Kier molecular flexibility index (Phi) is 4.60. The number of aryl methyl sites for hydroxylation is 2. The number of nitrogens with zero attached hydrogens (tertiary/aromatic N) is 1. The Hall–Kier alpha value is -2.63. The fourth-order valence-corrected chi connectivity index (χ4v) is 1.97. The summed E-state index contributed by atoms with van der Waals surface area (Å²) in [6, 6.07) is 6.20. The van der Waals surface area contributed by atoms with E-state index in [0.717, 1.165) is 11.3 Å². The second-order valence-corrected chi connectivity index (χ2v) is 4.83. The van der Waals surface area contributed by atoms with E-state index < -0.39 is 11.7 Å². The Morgan fingerprint density at radius 3 is 2.82 bits per heavy atom. The number of ether oxygens (including phenoxy) is 1. The van der Waals surface area contributed by atoms with Crippen molar-refractivity contribution in [2.24, 2.45) is 0 Å². The number of halogens is 1. The highest BCUT2D eigenvalue weighted by atomic mass is 19.1. The molecule has 0 radical (unpaired) electrons. The number of rotatable bonds is 4. The molecule has 0 atom stereocenters. The predicted octanol–water partition coefficient (Wildman–Crippen LogP) is 3.07. The van der Waals surface area contributed by atoms with Crippen molar-refractivity contribution in [3.05, 3.63) is 46.9 Å². The van der Waals surface area contributed by atoms with Crippen LogP contribution in [0.5, 0.6) is 5.75 Å². The van der Waals surface area contributed by atoms with Gasteiger partial charge in [-0.1, -0.05) is 6.07 Å². The lowest BCUT2D eigenvalue weighted by Gasteiger charge is -2.12. The zero-order valence-electron chi connectivity index (χ0n) is 12.7. The van der Waals surface area contributed by atoms with E-state index in [4.69, 9.17) is 10.5 Å². The number of hydrogen-bond donors (Lipinski definition) is 2. The molecule has 0 bridgehead atoms. The maximum atomic E-state index is 14.2. The second-order valence-electron chi connectivity index (χ2n) is 4.83. The molecule has 0 aliphatic heterocycles. The molecule has 0 saturated carbocycles. The van der Waals surface area contributed by atoms with Gasteiger partial charge in [0.05, 0.1) is 17.9 Å². The van der Waals surface area contributed by atoms with Crippen LogP contribution >= 0.6 is 0 Å². The molecule has 116 valence electrons. The minimum absolute atomic E-state index is 0.0357. The number of hydrogen-bond acceptors (Lipinski definition) is 4. The topological polar surface area (TPSA) is 77.2 Å².